The summed E-state index contributed by atoms with van der Waals surface area (Å²) in [5.41, 5.74) is 2.96. The zero-order valence-corrected chi connectivity index (χ0v) is 12.4. The summed E-state index contributed by atoms with van der Waals surface area (Å²) in [6, 6.07) is 8.19. The number of ether oxygens (including phenoxy) is 1. The van der Waals surface area contributed by atoms with Crippen LogP contribution in [0.25, 0.3) is 6.08 Å². The van der Waals surface area contributed by atoms with Crippen LogP contribution in [0.2, 0.25) is 0 Å². The Labute approximate surface area is 116 Å². The van der Waals surface area contributed by atoms with Gasteiger partial charge >= 0.3 is 5.97 Å². The minimum Gasteiger partial charge on any atom is -0.462 e. The van der Waals surface area contributed by atoms with Crippen molar-refractivity contribution in [3.05, 3.63) is 54.1 Å². The summed E-state index contributed by atoms with van der Waals surface area (Å²) < 4.78 is 4.83. The molecule has 2 nitrogen and oxygen atoms in total. The van der Waals surface area contributed by atoms with Gasteiger partial charge in [0.2, 0.25) is 0 Å². The van der Waals surface area contributed by atoms with E-state index in [1.807, 2.05) is 32.1 Å². The van der Waals surface area contributed by atoms with E-state index < -0.39 is 0 Å². The molecule has 0 unspecified atom stereocenters. The van der Waals surface area contributed by atoms with Gasteiger partial charge < -0.3 is 4.74 Å². The number of hydrogen-bond acceptors (Lipinski definition) is 2. The predicted molar refractivity (Wildman–Crippen MR) is 81.9 cm³/mol. The number of carbonyl (C=O) groups excluding carboxylic acids is 1. The first-order chi connectivity index (χ1) is 8.88. The first kappa shape index (κ1) is 17.2. The lowest BCUT2D eigenvalue weighted by molar-refractivity contribution is -0.139. The van der Waals surface area contributed by atoms with E-state index >= 15 is 0 Å². The third-order valence-electron chi connectivity index (χ3n) is 2.30. The first-order valence-electron chi connectivity index (χ1n) is 6.39. The highest BCUT2D eigenvalue weighted by Crippen LogP contribution is 2.06. The van der Waals surface area contributed by atoms with Crippen LogP contribution in [-0.2, 0) is 9.53 Å². The molecule has 0 aliphatic heterocycles. The Morgan fingerprint density at radius 2 is 1.95 bits per heavy atom. The smallest absolute Gasteiger partial charge is 0.333 e. The van der Waals surface area contributed by atoms with Crippen LogP contribution in [-0.4, -0.2) is 12.6 Å². The van der Waals surface area contributed by atoms with E-state index in [-0.39, 0.29) is 5.97 Å². The molecule has 0 radical (unpaired) electrons. The Morgan fingerprint density at radius 3 is 2.32 bits per heavy atom. The van der Waals surface area contributed by atoms with Crippen LogP contribution < -0.4 is 0 Å². The molecule has 0 saturated heterocycles. The van der Waals surface area contributed by atoms with Crippen LogP contribution >= 0.6 is 0 Å². The standard InChI is InChI=1S/C9H10.C8H14O2/c1-3-9-7-5-4-6-8(9)2;1-6(2)5-10-8(9)7(3)4/h3-7H,1H2,2H3;6H,3,5H2,1-2,4H3. The SMILES string of the molecule is C=C(C)C(=O)OCC(C)C.C=Cc1ccccc1C. The lowest BCUT2D eigenvalue weighted by atomic mass is 10.1. The Bertz CT molecular complexity index is 431. The molecule has 0 N–H and O–H groups in total. The fourth-order valence-electron chi connectivity index (χ4n) is 1.18. The van der Waals surface area contributed by atoms with Crippen LogP contribution in [0.1, 0.15) is 31.9 Å². The second kappa shape index (κ2) is 9.15. The molecule has 1 rings (SSSR count). The summed E-state index contributed by atoms with van der Waals surface area (Å²) in [4.78, 5) is 10.7. The number of benzene rings is 1. The Balaban J connectivity index is 0.000000342. The van der Waals surface area contributed by atoms with Gasteiger partial charge in [0, 0.05) is 5.57 Å². The molecule has 1 aromatic carbocycles. The summed E-state index contributed by atoms with van der Waals surface area (Å²) in [5.74, 6) is 0.0944. The molecule has 0 bridgehead atoms. The number of esters is 1. The van der Waals surface area contributed by atoms with Crippen molar-refractivity contribution in [2.75, 3.05) is 6.61 Å². The van der Waals surface area contributed by atoms with Crippen molar-refractivity contribution in [1.29, 1.82) is 0 Å². The van der Waals surface area contributed by atoms with Gasteiger partial charge in [0.15, 0.2) is 0 Å². The monoisotopic (exact) mass is 260 g/mol. The number of rotatable bonds is 4. The van der Waals surface area contributed by atoms with Gasteiger partial charge in [-0.25, -0.2) is 4.79 Å². The fourth-order valence-corrected chi connectivity index (χ4v) is 1.18. The summed E-state index contributed by atoms with van der Waals surface area (Å²) in [7, 11) is 0. The molecule has 0 atom stereocenters. The fraction of sp³-hybridized carbons (Fsp3) is 0.353. The summed E-state index contributed by atoms with van der Waals surface area (Å²) in [6.45, 7) is 15.3. The molecule has 2 heteroatoms. The van der Waals surface area contributed by atoms with Gasteiger partial charge in [0.05, 0.1) is 6.61 Å². The highest BCUT2D eigenvalue weighted by Gasteiger charge is 2.03. The van der Waals surface area contributed by atoms with Crippen molar-refractivity contribution in [3.63, 3.8) is 0 Å². The zero-order valence-electron chi connectivity index (χ0n) is 12.4. The summed E-state index contributed by atoms with van der Waals surface area (Å²) in [5, 5.41) is 0. The van der Waals surface area contributed by atoms with Crippen molar-refractivity contribution >= 4 is 12.0 Å². The van der Waals surface area contributed by atoms with Crippen LogP contribution in [0.4, 0.5) is 0 Å². The van der Waals surface area contributed by atoms with Gasteiger partial charge in [-0.05, 0) is 30.9 Å². The number of carbonyl (C=O) groups is 1. The van der Waals surface area contributed by atoms with E-state index in [0.29, 0.717) is 18.1 Å². The lowest BCUT2D eigenvalue weighted by Crippen LogP contribution is -2.09. The molecule has 0 heterocycles. The van der Waals surface area contributed by atoms with Gasteiger partial charge in [0.25, 0.3) is 0 Å². The minimum absolute atomic E-state index is 0.297. The second-order valence-corrected chi connectivity index (χ2v) is 4.83. The normalized spacial score (nSPS) is 9.32. The van der Waals surface area contributed by atoms with Gasteiger partial charge in [-0.15, -0.1) is 0 Å². The van der Waals surface area contributed by atoms with Crippen molar-refractivity contribution in [2.45, 2.75) is 27.7 Å². The Kier molecular flexibility index (Phi) is 8.27. The van der Waals surface area contributed by atoms with Crippen molar-refractivity contribution < 1.29 is 9.53 Å². The maximum absolute atomic E-state index is 10.7. The molecular weight excluding hydrogens is 236 g/mol. The molecular formula is C17H24O2. The maximum atomic E-state index is 10.7. The zero-order chi connectivity index (χ0) is 14.8. The van der Waals surface area contributed by atoms with Crippen molar-refractivity contribution in [3.8, 4) is 0 Å². The Hall–Kier alpha value is -1.83. The lowest BCUT2D eigenvalue weighted by Gasteiger charge is -2.05. The van der Waals surface area contributed by atoms with Crippen LogP contribution in [0.3, 0.4) is 0 Å². The molecule has 104 valence electrons. The molecule has 0 aliphatic rings. The van der Waals surface area contributed by atoms with Gasteiger partial charge in [-0.1, -0.05) is 57.3 Å². The summed E-state index contributed by atoms with van der Waals surface area (Å²) in [6.07, 6.45) is 1.87. The van der Waals surface area contributed by atoms with E-state index in [1.165, 1.54) is 11.1 Å². The largest absolute Gasteiger partial charge is 0.462 e. The minimum atomic E-state index is -0.297. The van der Waals surface area contributed by atoms with Crippen molar-refractivity contribution in [2.24, 2.45) is 5.92 Å². The quantitative estimate of drug-likeness (QED) is 0.592. The molecule has 0 fully saturated rings. The van der Waals surface area contributed by atoms with Gasteiger partial charge in [0.1, 0.15) is 0 Å². The molecule has 19 heavy (non-hydrogen) atoms. The topological polar surface area (TPSA) is 26.3 Å². The first-order valence-corrected chi connectivity index (χ1v) is 6.39. The third kappa shape index (κ3) is 7.98. The van der Waals surface area contributed by atoms with Crippen LogP contribution in [0.15, 0.2) is 43.0 Å². The molecule has 0 spiro atoms. The second-order valence-electron chi connectivity index (χ2n) is 4.83. The van der Waals surface area contributed by atoms with E-state index in [9.17, 15) is 4.79 Å². The molecule has 0 saturated carbocycles. The summed E-state index contributed by atoms with van der Waals surface area (Å²) >= 11 is 0. The van der Waals surface area contributed by atoms with E-state index in [4.69, 9.17) is 4.74 Å². The molecule has 0 aromatic heterocycles. The third-order valence-corrected chi connectivity index (χ3v) is 2.30. The predicted octanol–water partition coefficient (Wildman–Crippen LogP) is 4.40. The molecule has 0 aliphatic carbocycles. The highest BCUT2D eigenvalue weighted by atomic mass is 16.5. The van der Waals surface area contributed by atoms with E-state index in [0.717, 1.165) is 0 Å². The highest BCUT2D eigenvalue weighted by molar-refractivity contribution is 5.86. The molecule has 0 amide bonds. The van der Waals surface area contributed by atoms with Crippen LogP contribution in [0.5, 0.6) is 0 Å². The molecule has 1 aromatic rings. The average Bonchev–Trinajstić information content (AvgIpc) is 2.37. The number of aryl methyl sites for hydroxylation is 1. The Morgan fingerprint density at radius 1 is 1.37 bits per heavy atom. The average molecular weight is 260 g/mol. The van der Waals surface area contributed by atoms with Crippen LogP contribution in [0, 0.1) is 12.8 Å². The van der Waals surface area contributed by atoms with E-state index in [2.05, 4.69) is 32.2 Å². The van der Waals surface area contributed by atoms with E-state index in [1.54, 1.807) is 6.92 Å². The number of hydrogen-bond donors (Lipinski definition) is 0. The van der Waals surface area contributed by atoms with Gasteiger partial charge in [-0.2, -0.15) is 0 Å². The maximum Gasteiger partial charge on any atom is 0.333 e. The van der Waals surface area contributed by atoms with Crippen molar-refractivity contribution in [1.82, 2.24) is 0 Å². The van der Waals surface area contributed by atoms with Gasteiger partial charge in [-0.3, -0.25) is 0 Å².